The van der Waals surface area contributed by atoms with Crippen molar-refractivity contribution in [1.29, 1.82) is 0 Å². The first-order valence-corrected chi connectivity index (χ1v) is 9.72. The van der Waals surface area contributed by atoms with E-state index in [0.717, 1.165) is 80.8 Å². The van der Waals surface area contributed by atoms with Gasteiger partial charge in [-0.25, -0.2) is 9.97 Å². The number of H-pyrrole nitrogens is 1. The van der Waals surface area contributed by atoms with Gasteiger partial charge in [-0.2, -0.15) is 4.98 Å². The molecule has 0 saturated carbocycles. The lowest BCUT2D eigenvalue weighted by Gasteiger charge is -2.36. The predicted molar refractivity (Wildman–Crippen MR) is 105 cm³/mol. The Morgan fingerprint density at radius 3 is 2.67 bits per heavy atom. The molecule has 0 aromatic carbocycles. The smallest absolute Gasteiger partial charge is 0.227 e. The van der Waals surface area contributed by atoms with Gasteiger partial charge in [-0.05, 0) is 19.8 Å². The highest BCUT2D eigenvalue weighted by molar-refractivity contribution is 5.54. The number of aromatic nitrogens is 4. The number of anilines is 2. The molecule has 8 nitrogen and oxygen atoms in total. The summed E-state index contributed by atoms with van der Waals surface area (Å²) in [5, 5.41) is 9.88. The summed E-state index contributed by atoms with van der Waals surface area (Å²) in [6.07, 6.45) is 4.09. The Hall–Kier alpha value is -2.19. The first-order valence-electron chi connectivity index (χ1n) is 9.72. The molecule has 0 aliphatic carbocycles. The molecule has 1 fully saturated rings. The first-order chi connectivity index (χ1) is 13.0. The number of fused-ring (bicyclic) bond motifs is 1. The zero-order valence-electron chi connectivity index (χ0n) is 16.4. The molecule has 2 aliphatic heterocycles. The van der Waals surface area contributed by atoms with Crippen LogP contribution < -0.4 is 9.80 Å². The van der Waals surface area contributed by atoms with Crippen LogP contribution in [0.3, 0.4) is 0 Å². The Morgan fingerprint density at radius 2 is 2.00 bits per heavy atom. The lowest BCUT2D eigenvalue weighted by atomic mass is 10.0. The topological polar surface area (TPSA) is 84.4 Å². The highest BCUT2D eigenvalue weighted by Gasteiger charge is 2.28. The second kappa shape index (κ2) is 7.44. The van der Waals surface area contributed by atoms with Gasteiger partial charge >= 0.3 is 0 Å². The number of aliphatic hydroxyl groups excluding tert-OH is 1. The summed E-state index contributed by atoms with van der Waals surface area (Å²) in [6, 6.07) is 0. The molecule has 4 heterocycles. The number of aliphatic hydroxyl groups is 1. The Bertz CT molecular complexity index is 795. The molecule has 0 radical (unpaired) electrons. The summed E-state index contributed by atoms with van der Waals surface area (Å²) in [7, 11) is 3.97. The minimum absolute atomic E-state index is 0.189. The molecule has 1 saturated heterocycles. The van der Waals surface area contributed by atoms with Crippen molar-refractivity contribution >= 4 is 11.8 Å². The van der Waals surface area contributed by atoms with E-state index in [1.807, 2.05) is 19.0 Å². The summed E-state index contributed by atoms with van der Waals surface area (Å²) in [5.41, 5.74) is 4.62. The van der Waals surface area contributed by atoms with Gasteiger partial charge in [0, 0.05) is 64.5 Å². The Balaban J connectivity index is 1.63. The monoisotopic (exact) mass is 371 g/mol. The number of rotatable bonds is 4. The molecule has 0 spiro atoms. The quantitative estimate of drug-likeness (QED) is 0.832. The van der Waals surface area contributed by atoms with E-state index in [0.29, 0.717) is 0 Å². The number of hydrogen-bond acceptors (Lipinski definition) is 7. The van der Waals surface area contributed by atoms with Crippen LogP contribution in [0.15, 0.2) is 6.33 Å². The molecule has 2 aromatic rings. The molecule has 27 heavy (non-hydrogen) atoms. The van der Waals surface area contributed by atoms with Crippen molar-refractivity contribution in [2.45, 2.75) is 45.4 Å². The van der Waals surface area contributed by atoms with Crippen molar-refractivity contribution in [2.75, 3.05) is 43.5 Å². The third-order valence-corrected chi connectivity index (χ3v) is 5.58. The molecule has 0 bridgehead atoms. The minimum atomic E-state index is -0.189. The van der Waals surface area contributed by atoms with E-state index < -0.39 is 0 Å². The number of aryl methyl sites for hydroxylation is 1. The van der Waals surface area contributed by atoms with Crippen LogP contribution >= 0.6 is 0 Å². The van der Waals surface area contributed by atoms with Gasteiger partial charge in [-0.1, -0.05) is 0 Å². The van der Waals surface area contributed by atoms with Crippen molar-refractivity contribution in [3.63, 3.8) is 0 Å². The van der Waals surface area contributed by atoms with Gasteiger partial charge in [-0.15, -0.1) is 0 Å². The molecule has 2 aromatic heterocycles. The fourth-order valence-electron chi connectivity index (χ4n) is 3.87. The number of imidazole rings is 1. The second-order valence-electron chi connectivity index (χ2n) is 7.82. The Labute approximate surface area is 160 Å². The minimum Gasteiger partial charge on any atom is -0.393 e. The second-order valence-corrected chi connectivity index (χ2v) is 7.82. The van der Waals surface area contributed by atoms with Gasteiger partial charge in [0.05, 0.1) is 23.8 Å². The normalized spacial score (nSPS) is 18.6. The lowest BCUT2D eigenvalue weighted by molar-refractivity contribution is 0.145. The van der Waals surface area contributed by atoms with Crippen molar-refractivity contribution < 1.29 is 5.11 Å². The van der Waals surface area contributed by atoms with E-state index in [1.54, 1.807) is 6.33 Å². The van der Waals surface area contributed by atoms with E-state index in [4.69, 9.17) is 9.97 Å². The largest absolute Gasteiger partial charge is 0.393 e. The third-order valence-electron chi connectivity index (χ3n) is 5.58. The number of nitrogens with one attached hydrogen (secondary N) is 1. The van der Waals surface area contributed by atoms with E-state index in [9.17, 15) is 5.11 Å². The summed E-state index contributed by atoms with van der Waals surface area (Å²) in [6.45, 7) is 6.40. The summed E-state index contributed by atoms with van der Waals surface area (Å²) >= 11 is 0. The van der Waals surface area contributed by atoms with Crippen LogP contribution in [0, 0.1) is 6.92 Å². The SMILES string of the molecule is Cc1[nH]cnc1CN1CCc2nc(N(C)C)nc(N3CCC(O)CC3)c2C1. The van der Waals surface area contributed by atoms with Crippen LogP contribution in [0.2, 0.25) is 0 Å². The summed E-state index contributed by atoms with van der Waals surface area (Å²) in [5.74, 6) is 1.81. The fraction of sp³-hybridized carbons (Fsp3) is 0.632. The number of nitrogens with zero attached hydrogens (tertiary/aromatic N) is 6. The van der Waals surface area contributed by atoms with Gasteiger partial charge < -0.3 is 19.9 Å². The Kier molecular flexibility index (Phi) is 5.01. The first kappa shape index (κ1) is 18.2. The van der Waals surface area contributed by atoms with Gasteiger partial charge in [0.25, 0.3) is 0 Å². The summed E-state index contributed by atoms with van der Waals surface area (Å²) < 4.78 is 0. The van der Waals surface area contributed by atoms with Crippen molar-refractivity contribution in [3.05, 3.63) is 29.0 Å². The molecule has 2 aliphatic rings. The zero-order chi connectivity index (χ0) is 19.0. The van der Waals surface area contributed by atoms with Crippen LogP contribution in [-0.4, -0.2) is 69.8 Å². The molecule has 4 rings (SSSR count). The van der Waals surface area contributed by atoms with E-state index in [-0.39, 0.29) is 6.10 Å². The molecule has 2 N–H and O–H groups in total. The van der Waals surface area contributed by atoms with E-state index in [1.165, 1.54) is 5.56 Å². The molecular weight excluding hydrogens is 342 g/mol. The van der Waals surface area contributed by atoms with Crippen LogP contribution in [0.5, 0.6) is 0 Å². The van der Waals surface area contributed by atoms with Gasteiger partial charge in [0.2, 0.25) is 5.95 Å². The van der Waals surface area contributed by atoms with Crippen LogP contribution in [0.1, 0.15) is 35.5 Å². The maximum absolute atomic E-state index is 9.88. The van der Waals surface area contributed by atoms with Crippen LogP contribution in [-0.2, 0) is 19.5 Å². The highest BCUT2D eigenvalue weighted by Crippen LogP contribution is 2.31. The maximum atomic E-state index is 9.88. The molecule has 8 heteroatoms. The molecule has 0 unspecified atom stereocenters. The fourth-order valence-corrected chi connectivity index (χ4v) is 3.87. The average Bonchev–Trinajstić information content (AvgIpc) is 3.06. The molecule has 0 atom stereocenters. The number of piperidine rings is 1. The van der Waals surface area contributed by atoms with E-state index >= 15 is 0 Å². The third kappa shape index (κ3) is 3.77. The van der Waals surface area contributed by atoms with E-state index in [2.05, 4.69) is 26.7 Å². The molecular formula is C19H29N7O. The van der Waals surface area contributed by atoms with Gasteiger partial charge in [-0.3, -0.25) is 4.90 Å². The van der Waals surface area contributed by atoms with Crippen molar-refractivity contribution in [3.8, 4) is 0 Å². The average molecular weight is 371 g/mol. The highest BCUT2D eigenvalue weighted by atomic mass is 16.3. The standard InChI is InChI=1S/C19H29N7O/c1-13-17(21-12-20-13)11-25-7-6-16-15(10-25)18(23-19(22-16)24(2)3)26-8-4-14(27)5-9-26/h12,14,27H,4-11H2,1-3H3,(H,20,21). The maximum Gasteiger partial charge on any atom is 0.227 e. The summed E-state index contributed by atoms with van der Waals surface area (Å²) in [4.78, 5) is 24.1. The van der Waals surface area contributed by atoms with Gasteiger partial charge in [0.1, 0.15) is 5.82 Å². The van der Waals surface area contributed by atoms with Crippen molar-refractivity contribution in [2.24, 2.45) is 0 Å². The van der Waals surface area contributed by atoms with Gasteiger partial charge in [0.15, 0.2) is 0 Å². The predicted octanol–water partition coefficient (Wildman–Crippen LogP) is 1.09. The number of aromatic amines is 1. The Morgan fingerprint density at radius 1 is 1.22 bits per heavy atom. The van der Waals surface area contributed by atoms with Crippen LogP contribution in [0.4, 0.5) is 11.8 Å². The lowest BCUT2D eigenvalue weighted by Crippen LogP contribution is -2.39. The molecule has 146 valence electrons. The zero-order valence-corrected chi connectivity index (χ0v) is 16.4. The van der Waals surface area contributed by atoms with Crippen molar-refractivity contribution in [1.82, 2.24) is 24.8 Å². The number of hydrogen-bond donors (Lipinski definition) is 2. The molecule has 0 amide bonds. The van der Waals surface area contributed by atoms with Crippen LogP contribution in [0.25, 0.3) is 0 Å².